The molecular weight excluding hydrogens is 381 g/mol. The maximum Gasteiger partial charge on any atom is 0.230 e. The number of carbonyl (C=O) groups excluding carboxylic acids is 1. The maximum absolute atomic E-state index is 14.0. The lowest BCUT2D eigenvalue weighted by molar-refractivity contribution is -0.115. The highest BCUT2D eigenvalue weighted by Crippen LogP contribution is 2.33. The number of hydrogen-bond donors (Lipinski definition) is 0. The highest BCUT2D eigenvalue weighted by molar-refractivity contribution is 7.98. The molecule has 0 atom stereocenters. The van der Waals surface area contributed by atoms with Crippen molar-refractivity contribution < 1.29 is 18.0 Å². The van der Waals surface area contributed by atoms with Gasteiger partial charge in [-0.25, -0.2) is 18.2 Å². The van der Waals surface area contributed by atoms with E-state index in [0.717, 1.165) is 30.0 Å². The molecule has 0 aliphatic rings. The second-order valence-electron chi connectivity index (χ2n) is 5.29. The molecule has 8 heteroatoms. The van der Waals surface area contributed by atoms with Gasteiger partial charge in [0.15, 0.2) is 5.13 Å². The van der Waals surface area contributed by atoms with E-state index < -0.39 is 17.5 Å². The summed E-state index contributed by atoms with van der Waals surface area (Å²) in [6, 6.07) is 9.17. The Morgan fingerprint density at radius 1 is 1.15 bits per heavy atom. The summed E-state index contributed by atoms with van der Waals surface area (Å²) < 4.78 is 40.9. The molecule has 26 heavy (non-hydrogen) atoms. The van der Waals surface area contributed by atoms with E-state index in [-0.39, 0.29) is 16.5 Å². The zero-order valence-corrected chi connectivity index (χ0v) is 15.2. The molecule has 0 aliphatic heterocycles. The third-order valence-electron chi connectivity index (χ3n) is 3.41. The van der Waals surface area contributed by atoms with Gasteiger partial charge in [0.05, 0.1) is 11.4 Å². The zero-order valence-electron chi connectivity index (χ0n) is 13.6. The van der Waals surface area contributed by atoms with Crippen LogP contribution in [0, 0.1) is 17.5 Å². The summed E-state index contributed by atoms with van der Waals surface area (Å²) in [7, 11) is 0. The number of rotatable bonds is 5. The van der Waals surface area contributed by atoms with Gasteiger partial charge in [0.1, 0.15) is 17.5 Å². The Bertz CT molecular complexity index is 946. The predicted molar refractivity (Wildman–Crippen MR) is 97.3 cm³/mol. The second-order valence-corrected chi connectivity index (χ2v) is 7.14. The lowest BCUT2D eigenvalue weighted by Crippen LogP contribution is -2.23. The van der Waals surface area contributed by atoms with Gasteiger partial charge in [0, 0.05) is 23.0 Å². The summed E-state index contributed by atoms with van der Waals surface area (Å²) in [4.78, 5) is 17.7. The molecule has 0 saturated carbocycles. The van der Waals surface area contributed by atoms with Crippen LogP contribution in [-0.2, 0) is 10.5 Å². The molecule has 0 saturated heterocycles. The normalized spacial score (nSPS) is 10.8. The summed E-state index contributed by atoms with van der Waals surface area (Å²) in [6.07, 6.45) is 0. The highest BCUT2D eigenvalue weighted by Gasteiger charge is 2.21. The van der Waals surface area contributed by atoms with E-state index in [2.05, 4.69) is 4.98 Å². The van der Waals surface area contributed by atoms with Crippen molar-refractivity contribution in [1.29, 1.82) is 0 Å². The molecule has 3 rings (SSSR count). The first-order valence-electron chi connectivity index (χ1n) is 7.53. The smallest absolute Gasteiger partial charge is 0.230 e. The number of thiazole rings is 1. The Kier molecular flexibility index (Phi) is 5.63. The second kappa shape index (κ2) is 7.92. The van der Waals surface area contributed by atoms with Crippen LogP contribution in [0.5, 0.6) is 0 Å². The van der Waals surface area contributed by atoms with Gasteiger partial charge in [-0.3, -0.25) is 9.69 Å². The lowest BCUT2D eigenvalue weighted by Gasteiger charge is -2.18. The number of nitrogens with zero attached hydrogens (tertiary/aromatic N) is 2. The van der Waals surface area contributed by atoms with E-state index in [1.807, 2.05) is 0 Å². The first-order chi connectivity index (χ1) is 12.5. The summed E-state index contributed by atoms with van der Waals surface area (Å²) in [5, 5.41) is 2.02. The monoisotopic (exact) mass is 394 g/mol. The number of thioether (sulfide) groups is 1. The van der Waals surface area contributed by atoms with E-state index in [9.17, 15) is 18.0 Å². The first-order valence-corrected chi connectivity index (χ1v) is 9.39. The highest BCUT2D eigenvalue weighted by atomic mass is 32.2. The molecular formula is C18H13F3N2OS2. The number of para-hydroxylation sites is 1. The quantitative estimate of drug-likeness (QED) is 0.533. The van der Waals surface area contributed by atoms with Crippen LogP contribution in [0.2, 0.25) is 0 Å². The molecule has 0 aliphatic carbocycles. The van der Waals surface area contributed by atoms with Crippen molar-refractivity contribution in [3.05, 3.63) is 71.0 Å². The van der Waals surface area contributed by atoms with Gasteiger partial charge >= 0.3 is 0 Å². The fourth-order valence-electron chi connectivity index (χ4n) is 2.25. The predicted octanol–water partition coefficient (Wildman–Crippen LogP) is 5.54. The Labute approximate surface area is 156 Å². The first kappa shape index (κ1) is 18.5. The number of halogens is 3. The van der Waals surface area contributed by atoms with E-state index >= 15 is 0 Å². The maximum atomic E-state index is 14.0. The van der Waals surface area contributed by atoms with Crippen LogP contribution < -0.4 is 4.90 Å². The average Bonchev–Trinajstić information content (AvgIpc) is 3.06. The molecule has 0 radical (unpaired) electrons. The molecule has 134 valence electrons. The third-order valence-corrected chi connectivity index (χ3v) is 5.35. The Morgan fingerprint density at radius 3 is 2.65 bits per heavy atom. The number of carbonyl (C=O) groups is 1. The summed E-state index contributed by atoms with van der Waals surface area (Å²) in [6.45, 7) is 1.32. The van der Waals surface area contributed by atoms with Crippen LogP contribution in [0.4, 0.5) is 24.0 Å². The van der Waals surface area contributed by atoms with Gasteiger partial charge in [-0.05, 0) is 30.3 Å². The van der Waals surface area contributed by atoms with E-state index in [4.69, 9.17) is 0 Å². The minimum Gasteiger partial charge on any atom is -0.274 e. The Morgan fingerprint density at radius 2 is 1.92 bits per heavy atom. The minimum absolute atomic E-state index is 0.115. The van der Waals surface area contributed by atoms with E-state index in [1.165, 1.54) is 41.4 Å². The standard InChI is InChI=1S/C18H13F3N2OS2/c1-11(24)23(16-5-3-2-4-14(16)20)18-22-13(10-26-18)9-25-17-8-12(19)6-7-15(17)21/h2-8,10H,9H2,1H3. The minimum atomic E-state index is -0.532. The fraction of sp³-hybridized carbons (Fsp3) is 0.111. The Hall–Kier alpha value is -2.32. The van der Waals surface area contributed by atoms with Crippen LogP contribution in [0.3, 0.4) is 0 Å². The molecule has 0 spiro atoms. The van der Waals surface area contributed by atoms with Gasteiger partial charge in [-0.15, -0.1) is 23.1 Å². The van der Waals surface area contributed by atoms with Crippen LogP contribution in [0.15, 0.2) is 52.7 Å². The molecule has 2 aromatic carbocycles. The molecule has 1 heterocycles. The zero-order chi connectivity index (χ0) is 18.7. The average molecular weight is 394 g/mol. The van der Waals surface area contributed by atoms with E-state index in [1.54, 1.807) is 11.4 Å². The van der Waals surface area contributed by atoms with Gasteiger partial charge in [-0.1, -0.05) is 12.1 Å². The number of aromatic nitrogens is 1. The number of benzene rings is 2. The lowest BCUT2D eigenvalue weighted by atomic mass is 10.3. The number of anilines is 2. The summed E-state index contributed by atoms with van der Waals surface area (Å²) in [5.74, 6) is -1.64. The Balaban J connectivity index is 1.81. The van der Waals surface area contributed by atoms with Gasteiger partial charge < -0.3 is 0 Å². The van der Waals surface area contributed by atoms with E-state index in [0.29, 0.717) is 16.6 Å². The van der Waals surface area contributed by atoms with Crippen LogP contribution in [0.25, 0.3) is 0 Å². The largest absolute Gasteiger partial charge is 0.274 e. The van der Waals surface area contributed by atoms with Crippen LogP contribution in [0.1, 0.15) is 12.6 Å². The number of hydrogen-bond acceptors (Lipinski definition) is 4. The van der Waals surface area contributed by atoms with Crippen LogP contribution in [-0.4, -0.2) is 10.9 Å². The van der Waals surface area contributed by atoms with Crippen molar-refractivity contribution in [3.63, 3.8) is 0 Å². The van der Waals surface area contributed by atoms with Crippen molar-refractivity contribution in [2.45, 2.75) is 17.6 Å². The molecule has 0 unspecified atom stereocenters. The van der Waals surface area contributed by atoms with Crippen molar-refractivity contribution in [3.8, 4) is 0 Å². The molecule has 3 aromatic rings. The molecule has 1 amide bonds. The molecule has 0 bridgehead atoms. The molecule has 0 N–H and O–H groups in total. The van der Waals surface area contributed by atoms with Gasteiger partial charge in [0.2, 0.25) is 5.91 Å². The van der Waals surface area contributed by atoms with Crippen molar-refractivity contribution >= 4 is 39.8 Å². The summed E-state index contributed by atoms with van der Waals surface area (Å²) >= 11 is 2.28. The SMILES string of the molecule is CC(=O)N(c1nc(CSc2cc(F)ccc2F)cs1)c1ccccc1F. The fourth-order valence-corrected chi connectivity index (χ4v) is 4.08. The van der Waals surface area contributed by atoms with Crippen molar-refractivity contribution in [2.75, 3.05) is 4.90 Å². The van der Waals surface area contributed by atoms with Gasteiger partial charge in [0.25, 0.3) is 0 Å². The van der Waals surface area contributed by atoms with Crippen LogP contribution >= 0.6 is 23.1 Å². The third kappa shape index (κ3) is 4.08. The van der Waals surface area contributed by atoms with Crippen molar-refractivity contribution in [2.24, 2.45) is 0 Å². The van der Waals surface area contributed by atoms with Gasteiger partial charge in [-0.2, -0.15) is 0 Å². The summed E-state index contributed by atoms with van der Waals surface area (Å²) in [5.41, 5.74) is 0.700. The van der Waals surface area contributed by atoms with Crippen molar-refractivity contribution in [1.82, 2.24) is 4.98 Å². The topological polar surface area (TPSA) is 33.2 Å². The molecule has 0 fully saturated rings. The molecule has 3 nitrogen and oxygen atoms in total. The molecule has 1 aromatic heterocycles. The number of amides is 1.